The van der Waals surface area contributed by atoms with E-state index >= 15 is 0 Å². The fourth-order valence-electron chi connectivity index (χ4n) is 4.03. The van der Waals surface area contributed by atoms with Crippen LogP contribution in [0.4, 0.5) is 10.1 Å². The minimum Gasteiger partial charge on any atom is -0.376 e. The van der Waals surface area contributed by atoms with Crippen LogP contribution in [0.25, 0.3) is 0 Å². The SMILES string of the molecule is Cc1nc(C)c(C(=O)N(c2ccc(F)c(Cl)c2)C(C(=O)NCC2CCCO2)c2ccccc2)s1. The van der Waals surface area contributed by atoms with E-state index in [1.54, 1.807) is 31.2 Å². The van der Waals surface area contributed by atoms with Gasteiger partial charge in [0.2, 0.25) is 5.91 Å². The molecule has 34 heavy (non-hydrogen) atoms. The Morgan fingerprint density at radius 3 is 2.65 bits per heavy atom. The average Bonchev–Trinajstić information content (AvgIpc) is 3.47. The summed E-state index contributed by atoms with van der Waals surface area (Å²) in [6, 6.07) is 12.0. The van der Waals surface area contributed by atoms with E-state index in [-0.39, 0.29) is 17.0 Å². The Kier molecular flexibility index (Phi) is 7.60. The summed E-state index contributed by atoms with van der Waals surface area (Å²) in [6.07, 6.45) is 1.76. The van der Waals surface area contributed by atoms with Crippen molar-refractivity contribution in [3.05, 3.63) is 80.5 Å². The van der Waals surface area contributed by atoms with Crippen LogP contribution in [0.1, 0.15) is 44.8 Å². The molecule has 0 spiro atoms. The molecular formula is C25H25ClFN3O3S. The molecule has 3 aromatic rings. The first-order chi connectivity index (χ1) is 16.3. The number of nitrogens with one attached hydrogen (secondary N) is 1. The van der Waals surface area contributed by atoms with Gasteiger partial charge in [0.1, 0.15) is 16.7 Å². The molecule has 0 bridgehead atoms. The Labute approximate surface area is 206 Å². The molecule has 2 aromatic carbocycles. The zero-order valence-corrected chi connectivity index (χ0v) is 20.5. The number of ether oxygens (including phenoxy) is 1. The molecule has 1 N–H and O–H groups in total. The highest BCUT2D eigenvalue weighted by atomic mass is 35.5. The summed E-state index contributed by atoms with van der Waals surface area (Å²) in [6.45, 7) is 4.58. The standard InChI is InChI=1S/C25H25ClFN3O3S/c1-15-23(34-16(2)29-15)25(32)30(18-10-11-21(27)20(26)13-18)22(17-7-4-3-5-8-17)24(31)28-14-19-9-6-12-33-19/h3-5,7-8,10-11,13,19,22H,6,9,12,14H2,1-2H3,(H,28,31). The van der Waals surface area contributed by atoms with Gasteiger partial charge in [-0.25, -0.2) is 9.37 Å². The monoisotopic (exact) mass is 501 g/mol. The van der Waals surface area contributed by atoms with Crippen molar-refractivity contribution >= 4 is 40.4 Å². The summed E-state index contributed by atoms with van der Waals surface area (Å²) in [7, 11) is 0. The van der Waals surface area contributed by atoms with Crippen LogP contribution in [0.15, 0.2) is 48.5 Å². The van der Waals surface area contributed by atoms with Gasteiger partial charge in [-0.2, -0.15) is 0 Å². The molecule has 0 aliphatic carbocycles. The van der Waals surface area contributed by atoms with E-state index in [1.807, 2.05) is 13.0 Å². The molecule has 1 aliphatic heterocycles. The quantitative estimate of drug-likeness (QED) is 0.481. The minimum absolute atomic E-state index is 0.0591. The molecule has 178 valence electrons. The number of benzene rings is 2. The summed E-state index contributed by atoms with van der Waals surface area (Å²) < 4.78 is 19.6. The third-order valence-corrected chi connectivity index (χ3v) is 7.00. The zero-order chi connectivity index (χ0) is 24.2. The van der Waals surface area contributed by atoms with Crippen LogP contribution >= 0.6 is 22.9 Å². The van der Waals surface area contributed by atoms with Crippen LogP contribution in [0.5, 0.6) is 0 Å². The Morgan fingerprint density at radius 2 is 2.03 bits per heavy atom. The highest BCUT2D eigenvalue weighted by molar-refractivity contribution is 7.13. The number of hydrogen-bond donors (Lipinski definition) is 1. The van der Waals surface area contributed by atoms with Gasteiger partial charge in [-0.1, -0.05) is 41.9 Å². The van der Waals surface area contributed by atoms with Gasteiger partial charge < -0.3 is 10.1 Å². The molecule has 1 aromatic heterocycles. The number of halogens is 2. The average molecular weight is 502 g/mol. The summed E-state index contributed by atoms with van der Waals surface area (Å²) in [5, 5.41) is 3.54. The highest BCUT2D eigenvalue weighted by Crippen LogP contribution is 2.34. The predicted octanol–water partition coefficient (Wildman–Crippen LogP) is 5.24. The normalized spacial score (nSPS) is 16.3. The molecule has 1 saturated heterocycles. The molecule has 0 saturated carbocycles. The second kappa shape index (κ2) is 10.6. The molecule has 1 fully saturated rings. The Morgan fingerprint density at radius 1 is 1.26 bits per heavy atom. The van der Waals surface area contributed by atoms with Gasteiger partial charge in [0.05, 0.1) is 21.8 Å². The highest BCUT2D eigenvalue weighted by Gasteiger charge is 2.35. The fourth-order valence-corrected chi connectivity index (χ4v) is 5.06. The largest absolute Gasteiger partial charge is 0.376 e. The topological polar surface area (TPSA) is 71.5 Å². The number of rotatable bonds is 7. The molecular weight excluding hydrogens is 477 g/mol. The predicted molar refractivity (Wildman–Crippen MR) is 131 cm³/mol. The van der Waals surface area contributed by atoms with Crippen LogP contribution < -0.4 is 10.2 Å². The lowest BCUT2D eigenvalue weighted by Crippen LogP contribution is -2.45. The van der Waals surface area contributed by atoms with Crippen LogP contribution in [-0.4, -0.2) is 36.1 Å². The summed E-state index contributed by atoms with van der Waals surface area (Å²) in [5.41, 5.74) is 1.49. The number of aryl methyl sites for hydroxylation is 2. The van der Waals surface area contributed by atoms with Crippen LogP contribution in [-0.2, 0) is 9.53 Å². The molecule has 2 amide bonds. The fraction of sp³-hybridized carbons (Fsp3) is 0.320. The van der Waals surface area contributed by atoms with Gasteiger partial charge in [0.25, 0.3) is 5.91 Å². The number of carbonyl (C=O) groups excluding carboxylic acids is 2. The van der Waals surface area contributed by atoms with Crippen molar-refractivity contribution in [1.82, 2.24) is 10.3 Å². The van der Waals surface area contributed by atoms with Crippen molar-refractivity contribution < 1.29 is 18.7 Å². The lowest BCUT2D eigenvalue weighted by Gasteiger charge is -2.31. The molecule has 2 unspecified atom stereocenters. The van der Waals surface area contributed by atoms with E-state index < -0.39 is 17.8 Å². The number of thiazole rings is 1. The van der Waals surface area contributed by atoms with E-state index in [9.17, 15) is 14.0 Å². The van der Waals surface area contributed by atoms with E-state index in [1.165, 1.54) is 34.4 Å². The van der Waals surface area contributed by atoms with Gasteiger partial charge in [0, 0.05) is 18.8 Å². The van der Waals surface area contributed by atoms with Crippen LogP contribution in [0.3, 0.4) is 0 Å². The van der Waals surface area contributed by atoms with Crippen LogP contribution in [0.2, 0.25) is 5.02 Å². The minimum atomic E-state index is -1.02. The number of nitrogens with zero attached hydrogens (tertiary/aromatic N) is 2. The Bertz CT molecular complexity index is 1180. The summed E-state index contributed by atoms with van der Waals surface area (Å²) >= 11 is 7.33. The molecule has 9 heteroatoms. The first kappa shape index (κ1) is 24.3. The smallest absolute Gasteiger partial charge is 0.271 e. The number of carbonyl (C=O) groups is 2. The molecule has 0 radical (unpaired) electrons. The maximum atomic E-state index is 14.0. The van der Waals surface area contributed by atoms with Gasteiger partial charge in [0.15, 0.2) is 0 Å². The summed E-state index contributed by atoms with van der Waals surface area (Å²) in [5.74, 6) is -1.39. The van der Waals surface area contributed by atoms with Crippen molar-refractivity contribution in [2.24, 2.45) is 0 Å². The Balaban J connectivity index is 1.79. The first-order valence-electron chi connectivity index (χ1n) is 11.0. The molecule has 1 aliphatic rings. The second-order valence-electron chi connectivity index (χ2n) is 8.11. The molecule has 6 nitrogen and oxygen atoms in total. The van der Waals surface area contributed by atoms with E-state index in [2.05, 4.69) is 10.3 Å². The third-order valence-electron chi connectivity index (χ3n) is 5.65. The number of amides is 2. The van der Waals surface area contributed by atoms with Gasteiger partial charge in [-0.3, -0.25) is 14.5 Å². The summed E-state index contributed by atoms with van der Waals surface area (Å²) in [4.78, 5) is 33.7. The zero-order valence-electron chi connectivity index (χ0n) is 18.9. The van der Waals surface area contributed by atoms with Gasteiger partial charge in [-0.15, -0.1) is 11.3 Å². The van der Waals surface area contributed by atoms with Gasteiger partial charge >= 0.3 is 0 Å². The maximum absolute atomic E-state index is 14.0. The molecule has 2 atom stereocenters. The van der Waals surface area contributed by atoms with Crippen LogP contribution in [0, 0.1) is 19.7 Å². The van der Waals surface area contributed by atoms with E-state index in [4.69, 9.17) is 16.3 Å². The Hall–Kier alpha value is -2.81. The number of aromatic nitrogens is 1. The first-order valence-corrected chi connectivity index (χ1v) is 12.2. The van der Waals surface area contributed by atoms with Crippen molar-refractivity contribution in [2.45, 2.75) is 38.8 Å². The molecule has 4 rings (SSSR count). The van der Waals surface area contributed by atoms with Gasteiger partial charge in [-0.05, 0) is 50.5 Å². The third kappa shape index (κ3) is 5.29. The maximum Gasteiger partial charge on any atom is 0.271 e. The van der Waals surface area contributed by atoms with Crippen molar-refractivity contribution in [2.75, 3.05) is 18.1 Å². The van der Waals surface area contributed by atoms with Crippen molar-refractivity contribution in [3.8, 4) is 0 Å². The van der Waals surface area contributed by atoms with E-state index in [0.29, 0.717) is 35.0 Å². The number of anilines is 1. The molecule has 2 heterocycles. The lowest BCUT2D eigenvalue weighted by atomic mass is 10.0. The number of hydrogen-bond acceptors (Lipinski definition) is 5. The van der Waals surface area contributed by atoms with Crippen molar-refractivity contribution in [3.63, 3.8) is 0 Å². The van der Waals surface area contributed by atoms with E-state index in [0.717, 1.165) is 17.8 Å². The van der Waals surface area contributed by atoms with Crippen molar-refractivity contribution in [1.29, 1.82) is 0 Å². The second-order valence-corrected chi connectivity index (χ2v) is 9.72. The lowest BCUT2D eigenvalue weighted by molar-refractivity contribution is -0.123.